The quantitative estimate of drug-likeness (QED) is 0.735. The number of amides is 2. The van der Waals surface area contributed by atoms with E-state index < -0.39 is 6.10 Å². The van der Waals surface area contributed by atoms with Crippen LogP contribution in [-0.2, 0) is 16.0 Å². The molecule has 6 nitrogen and oxygen atoms in total. The molecular weight excluding hydrogens is 380 g/mol. The molecule has 1 heterocycles. The van der Waals surface area contributed by atoms with Crippen LogP contribution in [0, 0.1) is 6.92 Å². The largest absolute Gasteiger partial charge is 0.508 e. The number of phenolic OH excluding ortho intramolecular Hbond substituents is 1. The highest BCUT2D eigenvalue weighted by atomic mass is 16.5. The van der Waals surface area contributed by atoms with Crippen molar-refractivity contribution in [1.82, 2.24) is 10.2 Å². The molecule has 30 heavy (non-hydrogen) atoms. The molecule has 2 aromatic carbocycles. The first-order valence-corrected chi connectivity index (χ1v) is 10.5. The first-order chi connectivity index (χ1) is 14.4. The van der Waals surface area contributed by atoms with Crippen LogP contribution in [0.2, 0.25) is 0 Å². The smallest absolute Gasteiger partial charge is 0.263 e. The predicted molar refractivity (Wildman–Crippen MR) is 115 cm³/mol. The number of aromatic hydroxyl groups is 1. The number of nitrogens with zero attached hydrogens (tertiary/aromatic N) is 1. The number of carbonyl (C=O) groups excluding carboxylic acids is 2. The molecule has 0 aliphatic carbocycles. The highest BCUT2D eigenvalue weighted by Gasteiger charge is 2.27. The topological polar surface area (TPSA) is 78.9 Å². The van der Waals surface area contributed by atoms with Gasteiger partial charge in [0, 0.05) is 25.6 Å². The zero-order valence-electron chi connectivity index (χ0n) is 17.6. The summed E-state index contributed by atoms with van der Waals surface area (Å²) in [5.41, 5.74) is 2.38. The molecule has 3 rings (SSSR count). The minimum absolute atomic E-state index is 0.0596. The molecule has 0 saturated carbocycles. The van der Waals surface area contributed by atoms with Crippen LogP contribution in [-0.4, -0.2) is 47.1 Å². The van der Waals surface area contributed by atoms with Crippen LogP contribution < -0.4 is 10.1 Å². The van der Waals surface area contributed by atoms with Crippen LogP contribution in [0.5, 0.6) is 11.5 Å². The zero-order chi connectivity index (χ0) is 21.5. The van der Waals surface area contributed by atoms with E-state index in [1.807, 2.05) is 6.92 Å². The van der Waals surface area contributed by atoms with Crippen LogP contribution in [0.4, 0.5) is 0 Å². The number of benzene rings is 2. The van der Waals surface area contributed by atoms with Crippen LogP contribution in [0.15, 0.2) is 48.5 Å². The Bertz CT molecular complexity index is 841. The van der Waals surface area contributed by atoms with Crippen molar-refractivity contribution >= 4 is 11.8 Å². The number of ether oxygens (including phenoxy) is 1. The third-order valence-electron chi connectivity index (χ3n) is 5.43. The molecule has 0 bridgehead atoms. The van der Waals surface area contributed by atoms with Gasteiger partial charge in [-0.2, -0.15) is 0 Å². The fourth-order valence-corrected chi connectivity index (χ4v) is 3.59. The molecule has 2 amide bonds. The SMILES string of the molecule is Cc1ccc(CCC(=O)NC2CCN(C(=O)C(C)Oc3ccc(O)cc3)CC2)cc1. The summed E-state index contributed by atoms with van der Waals surface area (Å²) in [6.45, 7) is 4.98. The normalized spacial score (nSPS) is 15.5. The van der Waals surface area contributed by atoms with E-state index in [2.05, 4.69) is 29.6 Å². The molecule has 1 aliphatic rings. The fraction of sp³-hybridized carbons (Fsp3) is 0.417. The zero-order valence-corrected chi connectivity index (χ0v) is 17.6. The summed E-state index contributed by atoms with van der Waals surface area (Å²) in [7, 11) is 0. The summed E-state index contributed by atoms with van der Waals surface area (Å²) in [6.07, 6.45) is 2.09. The molecular formula is C24H30N2O4. The summed E-state index contributed by atoms with van der Waals surface area (Å²) < 4.78 is 5.69. The minimum Gasteiger partial charge on any atom is -0.508 e. The molecule has 2 aromatic rings. The standard InChI is InChI=1S/C24H30N2O4/c1-17-3-5-19(6-4-17)7-12-23(28)25-20-13-15-26(16-14-20)24(29)18(2)30-22-10-8-21(27)9-11-22/h3-6,8-11,18,20,27H,7,12-16H2,1-2H3,(H,25,28). The van der Waals surface area contributed by atoms with E-state index in [0.29, 0.717) is 25.3 Å². The molecule has 2 N–H and O–H groups in total. The average molecular weight is 411 g/mol. The molecule has 0 aromatic heterocycles. The second-order valence-corrected chi connectivity index (χ2v) is 7.91. The molecule has 160 valence electrons. The van der Waals surface area contributed by atoms with Crippen LogP contribution in [0.25, 0.3) is 0 Å². The molecule has 0 spiro atoms. The van der Waals surface area contributed by atoms with E-state index in [0.717, 1.165) is 19.3 Å². The van der Waals surface area contributed by atoms with Gasteiger partial charge in [-0.1, -0.05) is 29.8 Å². The Labute approximate surface area is 177 Å². The predicted octanol–water partition coefficient (Wildman–Crippen LogP) is 3.21. The van der Waals surface area contributed by atoms with Crippen LogP contribution in [0.1, 0.15) is 37.3 Å². The third-order valence-corrected chi connectivity index (χ3v) is 5.43. The van der Waals surface area contributed by atoms with Gasteiger partial charge >= 0.3 is 0 Å². The monoisotopic (exact) mass is 410 g/mol. The van der Waals surface area contributed by atoms with Gasteiger partial charge in [-0.25, -0.2) is 0 Å². The molecule has 1 aliphatic heterocycles. The Morgan fingerprint density at radius 2 is 1.73 bits per heavy atom. The van der Waals surface area contributed by atoms with Gasteiger partial charge in [0.15, 0.2) is 6.10 Å². The summed E-state index contributed by atoms with van der Waals surface area (Å²) in [5.74, 6) is 0.699. The molecule has 1 unspecified atom stereocenters. The van der Waals surface area contributed by atoms with Gasteiger partial charge in [-0.15, -0.1) is 0 Å². The number of hydrogen-bond acceptors (Lipinski definition) is 4. The van der Waals surface area contributed by atoms with Gasteiger partial charge in [0.1, 0.15) is 11.5 Å². The molecule has 6 heteroatoms. The Kier molecular flexibility index (Phi) is 7.33. The van der Waals surface area contributed by atoms with E-state index in [1.54, 1.807) is 24.0 Å². The van der Waals surface area contributed by atoms with Gasteiger partial charge in [-0.3, -0.25) is 9.59 Å². The van der Waals surface area contributed by atoms with Gasteiger partial charge in [-0.05, 0) is 62.9 Å². The summed E-state index contributed by atoms with van der Waals surface area (Å²) in [5, 5.41) is 12.4. The highest BCUT2D eigenvalue weighted by Crippen LogP contribution is 2.19. The van der Waals surface area contributed by atoms with E-state index >= 15 is 0 Å². The van der Waals surface area contributed by atoms with Gasteiger partial charge in [0.05, 0.1) is 0 Å². The molecule has 1 fully saturated rings. The Morgan fingerprint density at radius 3 is 2.37 bits per heavy atom. The van der Waals surface area contributed by atoms with Crippen LogP contribution in [0.3, 0.4) is 0 Å². The number of hydrogen-bond donors (Lipinski definition) is 2. The summed E-state index contributed by atoms with van der Waals surface area (Å²) >= 11 is 0. The molecule has 1 atom stereocenters. The van der Waals surface area contributed by atoms with Crippen molar-refractivity contribution in [3.8, 4) is 11.5 Å². The van der Waals surface area contributed by atoms with Crippen molar-refractivity contribution in [3.05, 3.63) is 59.7 Å². The number of aryl methyl sites for hydroxylation is 2. The number of likely N-dealkylation sites (tertiary alicyclic amines) is 1. The second kappa shape index (κ2) is 10.1. The average Bonchev–Trinajstić information content (AvgIpc) is 2.75. The van der Waals surface area contributed by atoms with Crippen molar-refractivity contribution < 1.29 is 19.4 Å². The number of phenols is 1. The van der Waals surface area contributed by atoms with Crippen molar-refractivity contribution in [1.29, 1.82) is 0 Å². The van der Waals surface area contributed by atoms with Gasteiger partial charge < -0.3 is 20.1 Å². The van der Waals surface area contributed by atoms with E-state index in [9.17, 15) is 14.7 Å². The summed E-state index contributed by atoms with van der Waals surface area (Å²) in [4.78, 5) is 26.7. The maximum atomic E-state index is 12.6. The lowest BCUT2D eigenvalue weighted by Gasteiger charge is -2.33. The van der Waals surface area contributed by atoms with E-state index in [4.69, 9.17) is 4.74 Å². The Hall–Kier alpha value is -3.02. The molecule has 0 radical (unpaired) electrons. The Morgan fingerprint density at radius 1 is 1.10 bits per heavy atom. The van der Waals surface area contributed by atoms with Crippen LogP contribution >= 0.6 is 0 Å². The maximum Gasteiger partial charge on any atom is 0.263 e. The number of carbonyl (C=O) groups is 2. The lowest BCUT2D eigenvalue weighted by atomic mass is 10.0. The maximum absolute atomic E-state index is 12.6. The third kappa shape index (κ3) is 6.24. The van der Waals surface area contributed by atoms with Gasteiger partial charge in [0.2, 0.25) is 5.91 Å². The summed E-state index contributed by atoms with van der Waals surface area (Å²) in [6, 6.07) is 14.7. The van der Waals surface area contributed by atoms with Crippen molar-refractivity contribution in [2.75, 3.05) is 13.1 Å². The van der Waals surface area contributed by atoms with Crippen molar-refractivity contribution in [3.63, 3.8) is 0 Å². The van der Waals surface area contributed by atoms with Gasteiger partial charge in [0.25, 0.3) is 5.91 Å². The van der Waals surface area contributed by atoms with Crippen molar-refractivity contribution in [2.24, 2.45) is 0 Å². The molecule has 1 saturated heterocycles. The minimum atomic E-state index is -0.602. The second-order valence-electron chi connectivity index (χ2n) is 7.91. The number of piperidine rings is 1. The highest BCUT2D eigenvalue weighted by molar-refractivity contribution is 5.81. The van der Waals surface area contributed by atoms with E-state index in [1.165, 1.54) is 23.3 Å². The fourth-order valence-electron chi connectivity index (χ4n) is 3.59. The lowest BCUT2D eigenvalue weighted by molar-refractivity contribution is -0.139. The van der Waals surface area contributed by atoms with E-state index in [-0.39, 0.29) is 23.6 Å². The first-order valence-electron chi connectivity index (χ1n) is 10.5. The van der Waals surface area contributed by atoms with Crippen molar-refractivity contribution in [2.45, 2.75) is 51.7 Å². The first kappa shape index (κ1) is 21.7. The lowest BCUT2D eigenvalue weighted by Crippen LogP contribution is -2.49. The number of rotatable bonds is 7. The number of nitrogens with one attached hydrogen (secondary N) is 1. The Balaban J connectivity index is 1.39.